The van der Waals surface area contributed by atoms with E-state index in [0.717, 1.165) is 9.78 Å². The minimum absolute atomic E-state index is 0.0116. The van der Waals surface area contributed by atoms with Gasteiger partial charge in [0.2, 0.25) is 5.91 Å². The molecule has 0 saturated carbocycles. The predicted molar refractivity (Wildman–Crippen MR) is 198 cm³/mol. The molecule has 2 saturated heterocycles. The van der Waals surface area contributed by atoms with Crippen molar-refractivity contribution in [2.45, 2.75) is 49.3 Å². The number of nitrogen functional groups attached to an aromatic ring is 1. The molecule has 2 fully saturated rings. The van der Waals surface area contributed by atoms with E-state index < -0.39 is 77.3 Å². The number of thiophene rings is 1. The number of aliphatic carboxylic acids is 1. The molecule has 23 heteroatoms. The summed E-state index contributed by atoms with van der Waals surface area (Å²) in [4.78, 5) is 64.4. The summed E-state index contributed by atoms with van der Waals surface area (Å²) < 4.78 is 44.8. The van der Waals surface area contributed by atoms with Gasteiger partial charge in [0.15, 0.2) is 17.7 Å². The number of aliphatic hydroxyl groups is 2. The summed E-state index contributed by atoms with van der Waals surface area (Å²) in [5.74, 6) is -2.26. The van der Waals surface area contributed by atoms with Crippen molar-refractivity contribution >= 4 is 79.8 Å². The van der Waals surface area contributed by atoms with Crippen LogP contribution in [-0.4, -0.2) is 115 Å². The van der Waals surface area contributed by atoms with Gasteiger partial charge in [0, 0.05) is 41.3 Å². The predicted octanol–water partition coefficient (Wildman–Crippen LogP) is 0.761. The first-order chi connectivity index (χ1) is 26.8. The minimum Gasteiger partial charge on any atom is -0.477 e. The molecular weight excluding hydrogens is 797 g/mol. The number of β-lactam (4-membered cyclic amide) rings is 1. The Hall–Kier alpha value is -5.01. The maximum absolute atomic E-state index is 13.0. The number of amides is 2. The summed E-state index contributed by atoms with van der Waals surface area (Å²) in [5, 5.41) is 34.9. The summed E-state index contributed by atoms with van der Waals surface area (Å²) >= 11 is 2.75. The van der Waals surface area contributed by atoms with E-state index in [1.165, 1.54) is 64.6 Å². The van der Waals surface area contributed by atoms with Gasteiger partial charge in [-0.15, -0.1) is 23.1 Å². The number of carboxylic acid groups (broad SMARTS) is 1. The maximum Gasteiger partial charge on any atom is 0.411 e. The number of rotatable bonds is 15. The van der Waals surface area contributed by atoms with Crippen LogP contribution < -0.4 is 15.8 Å². The summed E-state index contributed by atoms with van der Waals surface area (Å²) in [6.45, 7) is -1.24. The summed E-state index contributed by atoms with van der Waals surface area (Å²) in [5.41, 5.74) is 7.03. The second kappa shape index (κ2) is 16.2. The van der Waals surface area contributed by atoms with E-state index in [4.69, 9.17) is 19.4 Å². The van der Waals surface area contributed by atoms with Crippen molar-refractivity contribution in [1.29, 1.82) is 0 Å². The van der Waals surface area contributed by atoms with Crippen molar-refractivity contribution < 1.29 is 56.6 Å². The van der Waals surface area contributed by atoms with E-state index in [1.54, 1.807) is 0 Å². The number of carbonyl (C=O) groups is 4. The molecule has 1 aromatic carbocycles. The number of imidazole rings is 1. The van der Waals surface area contributed by atoms with Crippen LogP contribution in [0, 0.1) is 5.92 Å². The fraction of sp³-hybridized carbons (Fsp3) is 0.364. The number of nitrogens with zero attached hydrogens (tertiary/aromatic N) is 5. The smallest absolute Gasteiger partial charge is 0.411 e. The zero-order chi connectivity index (χ0) is 39.7. The highest BCUT2D eigenvalue weighted by atomic mass is 32.2. The number of ketones is 1. The number of hydrogen-bond donors (Lipinski definition) is 6. The lowest BCUT2D eigenvalue weighted by atomic mass is 9.89. The van der Waals surface area contributed by atoms with Crippen LogP contribution in [0.2, 0.25) is 0 Å². The molecule has 20 nitrogen and oxygen atoms in total. The second-order valence-electron chi connectivity index (χ2n) is 12.9. The third kappa shape index (κ3) is 8.24. The van der Waals surface area contributed by atoms with Crippen LogP contribution in [0.1, 0.15) is 23.1 Å². The number of ether oxygens (including phenoxy) is 2. The zero-order valence-corrected chi connectivity index (χ0v) is 31.4. The standard InChI is InChI=1S/C33H34N8O12S3/c34-27-23-28(36-14-35-27)40(15-37-23)30-26(44)25(43)22(53-30)12-52-56(49,50)38-10-16-3-5-18(6-4-16)39-33(48)51-11-17-13-55-31-21(29(45)41(31)24(17)32(46)47)9-19(42)8-20-2-1-7-54-20/h1-7,14-15,21-22,25-26,30-31,38,43-44H,8-13H2,(H,39,48)(H,46,47)(H2,34,35,36)/t21-,22-,25-,26-,30-,31-/m1/s1. The first-order valence-electron chi connectivity index (χ1n) is 16.8. The van der Waals surface area contributed by atoms with Crippen molar-refractivity contribution in [2.75, 3.05) is 30.0 Å². The highest BCUT2D eigenvalue weighted by Gasteiger charge is 2.54. The average molecular weight is 831 g/mol. The number of nitrogens with two attached hydrogens (primary N) is 1. The van der Waals surface area contributed by atoms with E-state index in [1.807, 2.05) is 17.5 Å². The lowest BCUT2D eigenvalue weighted by Crippen LogP contribution is -2.62. The molecule has 56 heavy (non-hydrogen) atoms. The SMILES string of the molecule is Nc1ncnc2c1ncn2[C@@H]1O[C@H](COS(=O)(=O)NCc2ccc(NC(=O)OCC3=C(C(=O)O)N4C(=O)[C@@H](CC(=O)Cc5cccs5)[C@H]4SC3)cc2)[C@@H](O)[C@H]1O. The molecule has 3 aliphatic heterocycles. The van der Waals surface area contributed by atoms with Crippen molar-refractivity contribution in [3.63, 3.8) is 0 Å². The van der Waals surface area contributed by atoms with E-state index in [2.05, 4.69) is 25.0 Å². The van der Waals surface area contributed by atoms with Crippen molar-refractivity contribution in [3.8, 4) is 0 Å². The lowest BCUT2D eigenvalue weighted by molar-refractivity contribution is -0.154. The molecule has 0 unspecified atom stereocenters. The summed E-state index contributed by atoms with van der Waals surface area (Å²) in [7, 11) is -4.36. The fourth-order valence-electron chi connectivity index (χ4n) is 6.39. The number of thioether (sulfide) groups is 1. The second-order valence-corrected chi connectivity index (χ2v) is 16.4. The van der Waals surface area contributed by atoms with Gasteiger partial charge in [-0.3, -0.25) is 28.6 Å². The zero-order valence-electron chi connectivity index (χ0n) is 29.0. The Kier molecular flexibility index (Phi) is 11.4. The molecule has 0 aliphatic carbocycles. The molecule has 2 amide bonds. The Bertz CT molecular complexity index is 2290. The van der Waals surface area contributed by atoms with Crippen LogP contribution in [0.25, 0.3) is 11.2 Å². The van der Waals surface area contributed by atoms with Gasteiger partial charge in [0.1, 0.15) is 48.2 Å². The number of benzene rings is 1. The molecule has 6 atom stereocenters. The van der Waals surface area contributed by atoms with Gasteiger partial charge < -0.3 is 30.5 Å². The van der Waals surface area contributed by atoms with Gasteiger partial charge in [-0.05, 0) is 29.1 Å². The van der Waals surface area contributed by atoms with E-state index in [0.29, 0.717) is 5.56 Å². The number of nitrogens with one attached hydrogen (secondary N) is 2. The van der Waals surface area contributed by atoms with E-state index in [-0.39, 0.29) is 64.9 Å². The number of Topliss-reactive ketones (excluding diaryl/α,β-unsaturated/α-hetero) is 1. The quantitative estimate of drug-likeness (QED) is 0.0902. The summed E-state index contributed by atoms with van der Waals surface area (Å²) in [6.07, 6.45) is -3.56. The molecule has 0 bridgehead atoms. The number of carboxylic acids is 1. The number of fused-ring (bicyclic) bond motifs is 2. The van der Waals surface area contributed by atoms with Crippen LogP contribution in [0.15, 0.2) is 65.7 Å². The molecule has 7 N–H and O–H groups in total. The Balaban J connectivity index is 0.862. The minimum atomic E-state index is -4.36. The van der Waals surface area contributed by atoms with Gasteiger partial charge in [-0.25, -0.2) is 24.5 Å². The first kappa shape index (κ1) is 39.2. The van der Waals surface area contributed by atoms with Gasteiger partial charge in [-0.1, -0.05) is 18.2 Å². The van der Waals surface area contributed by atoms with E-state index in [9.17, 15) is 42.9 Å². The van der Waals surface area contributed by atoms with Crippen LogP contribution >= 0.6 is 23.1 Å². The topological polar surface area (TPSA) is 288 Å². The molecular formula is C33H34N8O12S3. The molecule has 7 rings (SSSR count). The maximum atomic E-state index is 13.0. The monoisotopic (exact) mass is 830 g/mol. The number of hydrogen-bond acceptors (Lipinski definition) is 17. The average Bonchev–Trinajstić information content (AvgIpc) is 3.91. The molecule has 0 radical (unpaired) electrons. The van der Waals surface area contributed by atoms with Crippen LogP contribution in [0.4, 0.5) is 16.3 Å². The molecule has 296 valence electrons. The Morgan fingerprint density at radius 3 is 2.61 bits per heavy atom. The number of carbonyl (C=O) groups excluding carboxylic acids is 3. The van der Waals surface area contributed by atoms with Crippen molar-refractivity contribution in [2.24, 2.45) is 5.92 Å². The van der Waals surface area contributed by atoms with Gasteiger partial charge in [0.25, 0.3) is 0 Å². The fourth-order valence-corrected chi connectivity index (χ4v) is 9.26. The van der Waals surface area contributed by atoms with Gasteiger partial charge in [-0.2, -0.15) is 13.1 Å². The number of anilines is 2. The van der Waals surface area contributed by atoms with Gasteiger partial charge >= 0.3 is 22.4 Å². The molecule has 3 aliphatic rings. The molecule has 3 aromatic heterocycles. The Labute approximate surface area is 325 Å². The molecule has 4 aromatic rings. The Morgan fingerprint density at radius 1 is 1.09 bits per heavy atom. The third-order valence-electron chi connectivity index (χ3n) is 9.18. The normalized spacial score (nSPS) is 23.5. The van der Waals surface area contributed by atoms with Crippen LogP contribution in [0.3, 0.4) is 0 Å². The number of aliphatic hydroxyl groups excluding tert-OH is 2. The molecule has 0 spiro atoms. The lowest BCUT2D eigenvalue weighted by Gasteiger charge is -2.49. The third-order valence-corrected chi connectivity index (χ3v) is 12.4. The largest absolute Gasteiger partial charge is 0.477 e. The number of aromatic nitrogens is 4. The highest BCUT2D eigenvalue weighted by Crippen LogP contribution is 2.45. The Morgan fingerprint density at radius 2 is 1.88 bits per heavy atom. The van der Waals surface area contributed by atoms with Crippen LogP contribution in [0.5, 0.6) is 0 Å². The van der Waals surface area contributed by atoms with Crippen molar-refractivity contribution in [1.82, 2.24) is 29.1 Å². The van der Waals surface area contributed by atoms with Crippen LogP contribution in [-0.2, 0) is 51.3 Å². The highest BCUT2D eigenvalue weighted by molar-refractivity contribution is 8.00. The first-order valence-corrected chi connectivity index (χ1v) is 20.2. The molecule has 6 heterocycles. The summed E-state index contributed by atoms with van der Waals surface area (Å²) in [6, 6.07) is 9.69. The van der Waals surface area contributed by atoms with Crippen molar-refractivity contribution in [3.05, 3.63) is 76.1 Å². The van der Waals surface area contributed by atoms with E-state index >= 15 is 0 Å². The van der Waals surface area contributed by atoms with Gasteiger partial charge in [0.05, 0.1) is 24.2 Å².